The number of para-hydroxylation sites is 2. The van der Waals surface area contributed by atoms with Gasteiger partial charge in [0.25, 0.3) is 0 Å². The molecule has 6 aromatic carbocycles. The SMILES string of the molecule is CC(C)c1cccc(C(C)C)c1-c1cnc(-c2cccc(C(C)(C)c3cccc(-c4ncc(-c5c(C(C)C)cccc5C(C)C)n4-c4ccccc4)c3)c2)n1-c1ccccc1. The summed E-state index contributed by atoms with van der Waals surface area (Å²) < 4.78 is 4.73. The quantitative estimate of drug-likeness (QED) is 0.123. The molecule has 0 radical (unpaired) electrons. The fourth-order valence-corrected chi connectivity index (χ4v) is 9.09. The average Bonchev–Trinajstić information content (AvgIpc) is 3.92. The summed E-state index contributed by atoms with van der Waals surface area (Å²) in [6.07, 6.45) is 4.17. The second-order valence-electron chi connectivity index (χ2n) is 18.3. The molecular formula is C57H60N4. The van der Waals surface area contributed by atoms with Gasteiger partial charge in [-0.15, -0.1) is 0 Å². The first kappa shape index (κ1) is 41.5. The maximum absolute atomic E-state index is 5.24. The van der Waals surface area contributed by atoms with Crippen LogP contribution in [0.5, 0.6) is 0 Å². The van der Waals surface area contributed by atoms with Gasteiger partial charge in [-0.3, -0.25) is 9.13 Å². The Labute approximate surface area is 364 Å². The highest BCUT2D eigenvalue weighted by atomic mass is 15.1. The summed E-state index contributed by atoms with van der Waals surface area (Å²) in [4.78, 5) is 10.5. The minimum absolute atomic E-state index is 0.337. The van der Waals surface area contributed by atoms with Gasteiger partial charge in [-0.1, -0.05) is 178 Å². The van der Waals surface area contributed by atoms with E-state index in [9.17, 15) is 0 Å². The van der Waals surface area contributed by atoms with E-state index in [0.29, 0.717) is 23.7 Å². The minimum atomic E-state index is -0.337. The Kier molecular flexibility index (Phi) is 11.6. The lowest BCUT2D eigenvalue weighted by Gasteiger charge is -2.27. The first-order valence-corrected chi connectivity index (χ1v) is 22.1. The molecule has 0 unspecified atom stereocenters. The molecule has 8 rings (SSSR count). The second-order valence-corrected chi connectivity index (χ2v) is 18.3. The van der Waals surface area contributed by atoms with Crippen molar-refractivity contribution in [3.8, 4) is 56.7 Å². The Morgan fingerprint density at radius 2 is 0.721 bits per heavy atom. The van der Waals surface area contributed by atoms with Gasteiger partial charge in [0.2, 0.25) is 0 Å². The van der Waals surface area contributed by atoms with Crippen molar-refractivity contribution < 1.29 is 0 Å². The standard InChI is InChI=1S/C57H60N4/c1-37(2)47-29-19-30-48(38(3)4)53(47)51-35-58-55(60(51)45-25-13-11-14-26-45)41-21-17-23-43(33-41)57(9,10)44-24-18-22-42(34-44)56-59-36-52(61(56)46-27-15-12-16-28-46)54-49(39(5)6)31-20-32-50(54)40(7)8/h11-40H,1-10H3. The van der Waals surface area contributed by atoms with Gasteiger partial charge in [-0.05, 0) is 93.5 Å². The van der Waals surface area contributed by atoms with E-state index >= 15 is 0 Å². The third kappa shape index (κ3) is 7.81. The van der Waals surface area contributed by atoms with Crippen molar-refractivity contribution in [2.45, 2.75) is 98.3 Å². The number of rotatable bonds is 12. The molecule has 4 heteroatoms. The summed E-state index contributed by atoms with van der Waals surface area (Å²) in [7, 11) is 0. The number of nitrogens with zero attached hydrogens (tertiary/aromatic N) is 4. The number of aromatic nitrogens is 4. The molecule has 4 nitrogen and oxygen atoms in total. The largest absolute Gasteiger partial charge is 0.292 e. The van der Waals surface area contributed by atoms with E-state index in [1.54, 1.807) is 0 Å². The lowest BCUT2D eigenvalue weighted by Crippen LogP contribution is -2.19. The Hall–Kier alpha value is -6.26. The van der Waals surface area contributed by atoms with E-state index in [2.05, 4.69) is 236 Å². The molecule has 0 atom stereocenters. The molecular weight excluding hydrogens is 741 g/mol. The smallest absolute Gasteiger partial charge is 0.144 e. The van der Waals surface area contributed by atoms with Crippen molar-refractivity contribution in [3.63, 3.8) is 0 Å². The van der Waals surface area contributed by atoms with E-state index < -0.39 is 0 Å². The van der Waals surface area contributed by atoms with Crippen LogP contribution in [0.4, 0.5) is 0 Å². The molecule has 0 spiro atoms. The Morgan fingerprint density at radius 3 is 1.05 bits per heavy atom. The fraction of sp³-hybridized carbons (Fsp3) is 0.263. The summed E-state index contributed by atoms with van der Waals surface area (Å²) >= 11 is 0. The third-order valence-corrected chi connectivity index (χ3v) is 12.5. The summed E-state index contributed by atoms with van der Waals surface area (Å²) in [6.45, 7) is 23.0. The topological polar surface area (TPSA) is 35.6 Å². The zero-order valence-electron chi connectivity index (χ0n) is 37.6. The molecule has 0 N–H and O–H groups in total. The van der Waals surface area contributed by atoms with Crippen LogP contribution in [0.25, 0.3) is 56.7 Å². The molecule has 0 saturated carbocycles. The van der Waals surface area contributed by atoms with Crippen LogP contribution in [0.1, 0.15) is 126 Å². The molecule has 0 aliphatic carbocycles. The first-order valence-electron chi connectivity index (χ1n) is 22.1. The van der Waals surface area contributed by atoms with Gasteiger partial charge in [-0.2, -0.15) is 0 Å². The molecule has 8 aromatic rings. The Morgan fingerprint density at radius 1 is 0.393 bits per heavy atom. The number of hydrogen-bond donors (Lipinski definition) is 0. The number of imidazole rings is 2. The molecule has 0 aliphatic rings. The van der Waals surface area contributed by atoms with Gasteiger partial charge in [0.1, 0.15) is 11.6 Å². The lowest BCUT2D eigenvalue weighted by molar-refractivity contribution is 0.641. The predicted octanol–water partition coefficient (Wildman–Crippen LogP) is 15.5. The summed E-state index contributed by atoms with van der Waals surface area (Å²) in [5.41, 5.74) is 16.6. The summed E-state index contributed by atoms with van der Waals surface area (Å²) in [5.74, 6) is 3.31. The van der Waals surface area contributed by atoms with Crippen molar-refractivity contribution in [2.75, 3.05) is 0 Å². The maximum Gasteiger partial charge on any atom is 0.144 e. The number of benzene rings is 6. The molecule has 0 fully saturated rings. The third-order valence-electron chi connectivity index (χ3n) is 12.5. The van der Waals surface area contributed by atoms with E-state index in [4.69, 9.17) is 9.97 Å². The van der Waals surface area contributed by atoms with Crippen molar-refractivity contribution >= 4 is 0 Å². The van der Waals surface area contributed by atoms with Crippen molar-refractivity contribution in [1.29, 1.82) is 0 Å². The average molecular weight is 801 g/mol. The number of hydrogen-bond acceptors (Lipinski definition) is 2. The normalized spacial score (nSPS) is 12.0. The van der Waals surface area contributed by atoms with Gasteiger partial charge in [0.15, 0.2) is 0 Å². The summed E-state index contributed by atoms with van der Waals surface area (Å²) in [5, 5.41) is 0. The molecule has 2 heterocycles. The van der Waals surface area contributed by atoms with Crippen LogP contribution in [0.2, 0.25) is 0 Å². The van der Waals surface area contributed by atoms with Gasteiger partial charge in [-0.25, -0.2) is 9.97 Å². The molecule has 0 bridgehead atoms. The van der Waals surface area contributed by atoms with Gasteiger partial charge in [0, 0.05) is 39.0 Å². The highest BCUT2D eigenvalue weighted by Gasteiger charge is 2.28. The maximum atomic E-state index is 5.24. The van der Waals surface area contributed by atoms with E-state index in [-0.39, 0.29) is 5.41 Å². The molecule has 2 aromatic heterocycles. The lowest BCUT2D eigenvalue weighted by atomic mass is 9.77. The highest BCUT2D eigenvalue weighted by Crippen LogP contribution is 2.43. The van der Waals surface area contributed by atoms with E-state index in [1.807, 2.05) is 0 Å². The Balaban J connectivity index is 1.25. The van der Waals surface area contributed by atoms with Crippen LogP contribution in [0, 0.1) is 0 Å². The minimum Gasteiger partial charge on any atom is -0.292 e. The monoisotopic (exact) mass is 800 g/mol. The highest BCUT2D eigenvalue weighted by molar-refractivity contribution is 5.77. The summed E-state index contributed by atoms with van der Waals surface area (Å²) in [6, 6.07) is 52.9. The van der Waals surface area contributed by atoms with Gasteiger partial charge < -0.3 is 0 Å². The molecule has 0 saturated heterocycles. The predicted molar refractivity (Wildman–Crippen MR) is 257 cm³/mol. The van der Waals surface area contributed by atoms with Crippen LogP contribution in [0.15, 0.2) is 158 Å². The van der Waals surface area contributed by atoms with Crippen molar-refractivity contribution in [1.82, 2.24) is 19.1 Å². The molecule has 0 aliphatic heterocycles. The van der Waals surface area contributed by atoms with Crippen LogP contribution in [0.3, 0.4) is 0 Å². The molecule has 61 heavy (non-hydrogen) atoms. The van der Waals surface area contributed by atoms with Gasteiger partial charge in [0.05, 0.1) is 23.8 Å². The molecule has 0 amide bonds. The van der Waals surface area contributed by atoms with Crippen molar-refractivity contribution in [3.05, 3.63) is 191 Å². The Bertz CT molecular complexity index is 2540. The van der Waals surface area contributed by atoms with Crippen molar-refractivity contribution in [2.24, 2.45) is 0 Å². The van der Waals surface area contributed by atoms with Crippen LogP contribution < -0.4 is 0 Å². The second kappa shape index (κ2) is 17.0. The van der Waals surface area contributed by atoms with Crippen LogP contribution in [-0.4, -0.2) is 19.1 Å². The van der Waals surface area contributed by atoms with Crippen LogP contribution >= 0.6 is 0 Å². The molecule has 308 valence electrons. The zero-order valence-corrected chi connectivity index (χ0v) is 37.6. The van der Waals surface area contributed by atoms with E-state index in [1.165, 1.54) is 44.5 Å². The fourth-order valence-electron chi connectivity index (χ4n) is 9.09. The van der Waals surface area contributed by atoms with Crippen LogP contribution in [-0.2, 0) is 5.41 Å². The zero-order chi connectivity index (χ0) is 43.0. The van der Waals surface area contributed by atoms with E-state index in [0.717, 1.165) is 45.5 Å². The van der Waals surface area contributed by atoms with Gasteiger partial charge >= 0.3 is 0 Å². The first-order chi connectivity index (χ1) is 29.4.